The fourth-order valence-electron chi connectivity index (χ4n) is 2.96. The topological polar surface area (TPSA) is 82.7 Å². The van der Waals surface area contributed by atoms with Crippen molar-refractivity contribution in [3.63, 3.8) is 0 Å². The van der Waals surface area contributed by atoms with E-state index in [1.165, 1.54) is 0 Å². The average Bonchev–Trinajstić information content (AvgIpc) is 3.15. The highest BCUT2D eigenvalue weighted by atomic mass is 16.1. The van der Waals surface area contributed by atoms with E-state index in [1.54, 1.807) is 19.3 Å². The van der Waals surface area contributed by atoms with Crippen LogP contribution in [0.15, 0.2) is 66.9 Å². The van der Waals surface area contributed by atoms with Gasteiger partial charge in [-0.3, -0.25) is 14.9 Å². The van der Waals surface area contributed by atoms with Gasteiger partial charge < -0.3 is 10.6 Å². The Balaban J connectivity index is 1.60. The van der Waals surface area contributed by atoms with Crippen LogP contribution in [0.2, 0.25) is 0 Å². The summed E-state index contributed by atoms with van der Waals surface area (Å²) in [6, 6.07) is 19.1. The molecule has 1 amide bonds. The zero-order chi connectivity index (χ0) is 19.3. The van der Waals surface area contributed by atoms with Gasteiger partial charge in [-0.05, 0) is 54.6 Å². The largest absolute Gasteiger partial charge is 0.355 e. The summed E-state index contributed by atoms with van der Waals surface area (Å²) >= 11 is 0. The molecule has 0 bridgehead atoms. The molecule has 2 heterocycles. The molecular formula is C22H19N5O. The number of H-pyrrole nitrogens is 1. The minimum absolute atomic E-state index is 0.132. The zero-order valence-electron chi connectivity index (χ0n) is 15.3. The van der Waals surface area contributed by atoms with E-state index in [4.69, 9.17) is 0 Å². The Bertz CT molecular complexity index is 1150. The van der Waals surface area contributed by atoms with Crippen LogP contribution in [-0.4, -0.2) is 28.1 Å². The van der Waals surface area contributed by atoms with Gasteiger partial charge in [0.25, 0.3) is 5.91 Å². The molecule has 4 rings (SSSR count). The molecule has 2 aromatic carbocycles. The van der Waals surface area contributed by atoms with Crippen molar-refractivity contribution < 1.29 is 4.79 Å². The molecule has 4 aromatic rings. The number of para-hydroxylation sites is 1. The first kappa shape index (κ1) is 17.5. The first-order valence-electron chi connectivity index (χ1n) is 8.90. The number of benzene rings is 2. The third kappa shape index (κ3) is 3.61. The van der Waals surface area contributed by atoms with E-state index in [2.05, 4.69) is 25.8 Å². The van der Waals surface area contributed by atoms with Crippen molar-refractivity contribution in [1.29, 1.82) is 0 Å². The second kappa shape index (κ2) is 7.75. The van der Waals surface area contributed by atoms with Crippen LogP contribution in [-0.2, 0) is 0 Å². The van der Waals surface area contributed by atoms with E-state index in [0.717, 1.165) is 33.7 Å². The quantitative estimate of drug-likeness (QED) is 0.492. The second-order valence-electron chi connectivity index (χ2n) is 6.21. The molecule has 6 heteroatoms. The van der Waals surface area contributed by atoms with Gasteiger partial charge in [0.05, 0.1) is 28.2 Å². The van der Waals surface area contributed by atoms with Crippen LogP contribution >= 0.6 is 0 Å². The molecule has 3 N–H and O–H groups in total. The number of aromatic amines is 1. The van der Waals surface area contributed by atoms with Crippen molar-refractivity contribution in [3.8, 4) is 0 Å². The van der Waals surface area contributed by atoms with Crippen LogP contribution < -0.4 is 10.6 Å². The Morgan fingerprint density at radius 1 is 1.04 bits per heavy atom. The van der Waals surface area contributed by atoms with Gasteiger partial charge in [-0.2, -0.15) is 5.10 Å². The van der Waals surface area contributed by atoms with E-state index in [-0.39, 0.29) is 5.91 Å². The van der Waals surface area contributed by atoms with Gasteiger partial charge in [0.1, 0.15) is 0 Å². The number of pyridine rings is 1. The summed E-state index contributed by atoms with van der Waals surface area (Å²) in [5, 5.41) is 14.4. The lowest BCUT2D eigenvalue weighted by Gasteiger charge is -2.11. The van der Waals surface area contributed by atoms with Crippen LogP contribution in [0.3, 0.4) is 0 Å². The third-order valence-corrected chi connectivity index (χ3v) is 4.37. The Morgan fingerprint density at radius 3 is 2.71 bits per heavy atom. The lowest BCUT2D eigenvalue weighted by atomic mass is 10.1. The lowest BCUT2D eigenvalue weighted by Crippen LogP contribution is -2.19. The van der Waals surface area contributed by atoms with Crippen LogP contribution in [0.4, 0.5) is 11.4 Å². The molecule has 0 saturated carbocycles. The van der Waals surface area contributed by atoms with Crippen LogP contribution in [0, 0.1) is 0 Å². The number of nitrogens with one attached hydrogen (secondary N) is 3. The number of hydrogen-bond donors (Lipinski definition) is 3. The van der Waals surface area contributed by atoms with E-state index in [1.807, 2.05) is 66.7 Å². The van der Waals surface area contributed by atoms with E-state index in [9.17, 15) is 4.79 Å². The highest BCUT2D eigenvalue weighted by molar-refractivity contribution is 6.00. The molecule has 0 aliphatic heterocycles. The Morgan fingerprint density at radius 2 is 1.89 bits per heavy atom. The van der Waals surface area contributed by atoms with Crippen molar-refractivity contribution >= 4 is 40.3 Å². The first-order chi connectivity index (χ1) is 13.7. The number of rotatable bonds is 5. The lowest BCUT2D eigenvalue weighted by molar-refractivity contribution is 0.0964. The SMILES string of the molecule is CNC(=O)c1ccccc1Nc1ccc2c(/C=C/c3ccccn3)n[nH]c2c1. The highest BCUT2D eigenvalue weighted by Gasteiger charge is 2.10. The maximum atomic E-state index is 12.0. The minimum Gasteiger partial charge on any atom is -0.355 e. The number of amides is 1. The number of fused-ring (bicyclic) bond motifs is 1. The normalized spacial score (nSPS) is 11.0. The van der Waals surface area contributed by atoms with Crippen molar-refractivity contribution in [2.75, 3.05) is 12.4 Å². The zero-order valence-corrected chi connectivity index (χ0v) is 15.3. The molecule has 0 spiro atoms. The van der Waals surface area contributed by atoms with E-state index < -0.39 is 0 Å². The molecule has 6 nitrogen and oxygen atoms in total. The average molecular weight is 369 g/mol. The standard InChI is InChI=1S/C22H19N5O/c1-23-22(28)18-7-2-3-8-19(18)25-16-9-11-17-20(26-27-21(17)14-16)12-10-15-6-4-5-13-24-15/h2-14,25H,1H3,(H,23,28)(H,26,27)/b12-10+. The van der Waals surface area contributed by atoms with Gasteiger partial charge in [0.15, 0.2) is 0 Å². The predicted molar refractivity (Wildman–Crippen MR) is 112 cm³/mol. The van der Waals surface area contributed by atoms with Crippen LogP contribution in [0.5, 0.6) is 0 Å². The third-order valence-electron chi connectivity index (χ3n) is 4.37. The van der Waals surface area contributed by atoms with Gasteiger partial charge >= 0.3 is 0 Å². The van der Waals surface area contributed by atoms with Gasteiger partial charge in [0.2, 0.25) is 0 Å². The molecule has 0 aliphatic rings. The summed E-state index contributed by atoms with van der Waals surface area (Å²) in [7, 11) is 1.62. The van der Waals surface area contributed by atoms with Crippen molar-refractivity contribution in [3.05, 3.63) is 83.8 Å². The number of anilines is 2. The van der Waals surface area contributed by atoms with Crippen molar-refractivity contribution in [2.45, 2.75) is 0 Å². The molecule has 2 aromatic heterocycles. The predicted octanol–water partition coefficient (Wildman–Crippen LogP) is 4.23. The molecule has 0 atom stereocenters. The fraction of sp³-hybridized carbons (Fsp3) is 0.0455. The summed E-state index contributed by atoms with van der Waals surface area (Å²) in [5.41, 5.74) is 4.83. The van der Waals surface area contributed by atoms with Gasteiger partial charge in [-0.1, -0.05) is 18.2 Å². The Kier molecular flexibility index (Phi) is 4.84. The number of carbonyl (C=O) groups excluding carboxylic acids is 1. The van der Waals surface area contributed by atoms with Gasteiger partial charge in [-0.25, -0.2) is 0 Å². The van der Waals surface area contributed by atoms with Gasteiger partial charge in [-0.15, -0.1) is 0 Å². The van der Waals surface area contributed by atoms with Crippen LogP contribution in [0.25, 0.3) is 23.1 Å². The molecule has 138 valence electrons. The summed E-state index contributed by atoms with van der Waals surface area (Å²) in [6.45, 7) is 0. The molecule has 0 unspecified atom stereocenters. The first-order valence-corrected chi connectivity index (χ1v) is 8.90. The summed E-state index contributed by atoms with van der Waals surface area (Å²) < 4.78 is 0. The molecule has 0 fully saturated rings. The summed E-state index contributed by atoms with van der Waals surface area (Å²) in [5.74, 6) is -0.132. The van der Waals surface area contributed by atoms with E-state index >= 15 is 0 Å². The van der Waals surface area contributed by atoms with E-state index in [0.29, 0.717) is 5.56 Å². The van der Waals surface area contributed by atoms with Crippen molar-refractivity contribution in [1.82, 2.24) is 20.5 Å². The summed E-state index contributed by atoms with van der Waals surface area (Å²) in [4.78, 5) is 16.3. The number of nitrogens with zero attached hydrogens (tertiary/aromatic N) is 2. The monoisotopic (exact) mass is 369 g/mol. The highest BCUT2D eigenvalue weighted by Crippen LogP contribution is 2.25. The molecular weight excluding hydrogens is 350 g/mol. The Labute approximate surface area is 162 Å². The Hall–Kier alpha value is -3.93. The second-order valence-corrected chi connectivity index (χ2v) is 6.21. The number of hydrogen-bond acceptors (Lipinski definition) is 4. The maximum absolute atomic E-state index is 12.0. The maximum Gasteiger partial charge on any atom is 0.253 e. The summed E-state index contributed by atoms with van der Waals surface area (Å²) in [6.07, 6.45) is 5.63. The smallest absolute Gasteiger partial charge is 0.253 e. The number of carbonyl (C=O) groups is 1. The van der Waals surface area contributed by atoms with Gasteiger partial charge in [0, 0.05) is 24.3 Å². The van der Waals surface area contributed by atoms with Crippen molar-refractivity contribution in [2.24, 2.45) is 0 Å². The van der Waals surface area contributed by atoms with Crippen LogP contribution in [0.1, 0.15) is 21.7 Å². The molecule has 0 radical (unpaired) electrons. The fourth-order valence-corrected chi connectivity index (χ4v) is 2.96. The molecule has 28 heavy (non-hydrogen) atoms. The number of aromatic nitrogens is 3. The minimum atomic E-state index is -0.132. The molecule has 0 saturated heterocycles. The molecule has 0 aliphatic carbocycles.